The van der Waals surface area contributed by atoms with E-state index in [1.807, 2.05) is 24.3 Å². The van der Waals surface area contributed by atoms with Crippen LogP contribution in [0.1, 0.15) is 29.9 Å². The van der Waals surface area contributed by atoms with Crippen molar-refractivity contribution in [1.82, 2.24) is 0 Å². The maximum Gasteiger partial charge on any atom is 0.305 e. The van der Waals surface area contributed by atoms with E-state index in [2.05, 4.69) is 24.3 Å². The maximum absolute atomic E-state index is 12.3. The number of hydrogen-bond acceptors (Lipinski definition) is 10. The molecule has 2 aromatic rings. The van der Waals surface area contributed by atoms with Crippen LogP contribution >= 0.6 is 0 Å². The van der Waals surface area contributed by atoms with Gasteiger partial charge in [0, 0.05) is 25.5 Å². The molecule has 42 heavy (non-hydrogen) atoms. The van der Waals surface area contributed by atoms with E-state index in [9.17, 15) is 4.79 Å². The number of carbonyl (C=O) groups is 1. The summed E-state index contributed by atoms with van der Waals surface area (Å²) in [6, 6.07) is 16.6. The van der Waals surface area contributed by atoms with Gasteiger partial charge in [0.2, 0.25) is 0 Å². The van der Waals surface area contributed by atoms with Crippen LogP contribution in [0.4, 0.5) is 0 Å². The summed E-state index contributed by atoms with van der Waals surface area (Å²) in [6.07, 6.45) is 0.947. The predicted octanol–water partition coefficient (Wildman–Crippen LogP) is 3.20. The third-order valence-electron chi connectivity index (χ3n) is 6.54. The van der Waals surface area contributed by atoms with Crippen LogP contribution in [0.15, 0.2) is 48.5 Å². The zero-order valence-electron chi connectivity index (χ0n) is 24.7. The van der Waals surface area contributed by atoms with E-state index in [-0.39, 0.29) is 11.9 Å². The molecule has 0 atom stereocenters. The van der Waals surface area contributed by atoms with Crippen molar-refractivity contribution in [2.75, 3.05) is 106 Å². The molecule has 0 aromatic heterocycles. The minimum atomic E-state index is -0.198. The summed E-state index contributed by atoms with van der Waals surface area (Å²) >= 11 is 0. The summed E-state index contributed by atoms with van der Waals surface area (Å²) < 4.78 is 43.6. The molecule has 0 radical (unpaired) electrons. The third kappa shape index (κ3) is 13.3. The second-order valence-electron chi connectivity index (χ2n) is 9.59. The van der Waals surface area contributed by atoms with Crippen LogP contribution in [-0.2, 0) is 42.7 Å². The van der Waals surface area contributed by atoms with Gasteiger partial charge in [-0.05, 0) is 28.7 Å². The Morgan fingerprint density at radius 1 is 0.548 bits per heavy atom. The molecule has 3 rings (SSSR count). The molecule has 0 heterocycles. The minimum absolute atomic E-state index is 0.0837. The molecule has 2 N–H and O–H groups in total. The van der Waals surface area contributed by atoms with E-state index in [1.54, 1.807) is 0 Å². The quantitative estimate of drug-likeness (QED) is 0.130. The number of ether oxygens (including phenoxy) is 8. The van der Waals surface area contributed by atoms with Crippen LogP contribution in [0.25, 0.3) is 11.1 Å². The van der Waals surface area contributed by atoms with E-state index in [4.69, 9.17) is 43.6 Å². The zero-order valence-corrected chi connectivity index (χ0v) is 24.7. The van der Waals surface area contributed by atoms with Gasteiger partial charge in [0.05, 0.1) is 85.9 Å². The first-order valence-corrected chi connectivity index (χ1v) is 14.9. The van der Waals surface area contributed by atoms with E-state index in [1.165, 1.54) is 22.3 Å². The van der Waals surface area contributed by atoms with E-state index >= 15 is 0 Å². The molecule has 2 aromatic carbocycles. The third-order valence-corrected chi connectivity index (χ3v) is 6.54. The number of nitrogens with two attached hydrogens (primary N) is 1. The normalized spacial score (nSPS) is 12.4. The Kier molecular flexibility index (Phi) is 18.0. The largest absolute Gasteiger partial charge is 0.465 e. The molecule has 0 saturated carbocycles. The average molecular weight is 590 g/mol. The molecule has 0 saturated heterocycles. The molecular formula is C32H47NO9. The number of hydrogen-bond donors (Lipinski definition) is 1. The molecule has 0 fully saturated rings. The lowest BCUT2D eigenvalue weighted by Gasteiger charge is -2.14. The van der Waals surface area contributed by atoms with E-state index < -0.39 is 0 Å². The minimum Gasteiger partial charge on any atom is -0.465 e. The van der Waals surface area contributed by atoms with Gasteiger partial charge < -0.3 is 43.6 Å². The summed E-state index contributed by atoms with van der Waals surface area (Å²) in [7, 11) is 0. The molecule has 0 unspecified atom stereocenters. The number of esters is 1. The van der Waals surface area contributed by atoms with Crippen molar-refractivity contribution in [1.29, 1.82) is 0 Å². The van der Waals surface area contributed by atoms with Crippen LogP contribution in [0.3, 0.4) is 0 Å². The first-order valence-electron chi connectivity index (χ1n) is 14.9. The fourth-order valence-electron chi connectivity index (χ4n) is 4.51. The van der Waals surface area contributed by atoms with Gasteiger partial charge in [-0.1, -0.05) is 48.5 Å². The van der Waals surface area contributed by atoms with Crippen LogP contribution in [-0.4, -0.2) is 112 Å². The van der Waals surface area contributed by atoms with Gasteiger partial charge in [-0.3, -0.25) is 4.79 Å². The predicted molar refractivity (Wildman–Crippen MR) is 159 cm³/mol. The summed E-state index contributed by atoms with van der Waals surface area (Å²) in [5.74, 6) is -0.114. The maximum atomic E-state index is 12.3. The highest BCUT2D eigenvalue weighted by Gasteiger charge is 2.28. The molecule has 10 nitrogen and oxygen atoms in total. The van der Waals surface area contributed by atoms with Crippen molar-refractivity contribution in [2.24, 2.45) is 5.73 Å². The number of carbonyl (C=O) groups excluding carboxylic acids is 1. The molecule has 0 spiro atoms. The van der Waals surface area contributed by atoms with Crippen LogP contribution in [0, 0.1) is 0 Å². The average Bonchev–Trinajstić information content (AvgIpc) is 3.34. The highest BCUT2D eigenvalue weighted by Crippen LogP contribution is 2.44. The zero-order chi connectivity index (χ0) is 29.5. The Morgan fingerprint density at radius 2 is 0.929 bits per heavy atom. The number of fused-ring (bicyclic) bond motifs is 3. The Bertz CT molecular complexity index is 944. The first kappa shape index (κ1) is 34.1. The summed E-state index contributed by atoms with van der Waals surface area (Å²) in [5, 5.41) is 0. The Balaban J connectivity index is 1.05. The molecule has 234 valence electrons. The van der Waals surface area contributed by atoms with Gasteiger partial charge in [-0.15, -0.1) is 0 Å². The highest BCUT2D eigenvalue weighted by molar-refractivity contribution is 5.79. The molecule has 1 aliphatic rings. The van der Waals surface area contributed by atoms with Crippen LogP contribution < -0.4 is 5.73 Å². The van der Waals surface area contributed by atoms with E-state index in [0.29, 0.717) is 118 Å². The van der Waals surface area contributed by atoms with Gasteiger partial charge in [0.25, 0.3) is 0 Å². The van der Waals surface area contributed by atoms with Crippen molar-refractivity contribution in [3.8, 4) is 11.1 Å². The topological polar surface area (TPSA) is 117 Å². The molecule has 0 bridgehead atoms. The monoisotopic (exact) mass is 589 g/mol. The molecule has 0 amide bonds. The fraction of sp³-hybridized carbons (Fsp3) is 0.594. The standard InChI is InChI=1S/C32H47NO9/c33-11-13-36-15-17-38-19-21-40-23-25-41-24-22-39-20-18-37-16-14-35-12-5-10-32(34)42-26-31-29-8-3-1-6-27(29)28-7-2-4-9-30(28)31/h1-4,6-9,31H,5,10-26,33H2. The second-order valence-corrected chi connectivity index (χ2v) is 9.59. The molecular weight excluding hydrogens is 542 g/mol. The smallest absolute Gasteiger partial charge is 0.305 e. The lowest BCUT2D eigenvalue weighted by Crippen LogP contribution is -2.15. The Labute approximate surface area is 249 Å². The Hall–Kier alpha value is -2.41. The van der Waals surface area contributed by atoms with Gasteiger partial charge in [0.1, 0.15) is 6.61 Å². The lowest BCUT2D eigenvalue weighted by molar-refractivity contribution is -0.144. The molecule has 0 aliphatic heterocycles. The van der Waals surface area contributed by atoms with Gasteiger partial charge >= 0.3 is 5.97 Å². The second kappa shape index (κ2) is 22.2. The number of rotatable bonds is 26. The van der Waals surface area contributed by atoms with Crippen molar-refractivity contribution in [2.45, 2.75) is 18.8 Å². The Morgan fingerprint density at radius 3 is 1.36 bits per heavy atom. The molecule has 10 heteroatoms. The van der Waals surface area contributed by atoms with Gasteiger partial charge in [-0.2, -0.15) is 0 Å². The SMILES string of the molecule is NCCOCCOCCOCCOCCOCCOCCOCCCC(=O)OCC1c2ccccc2-c2ccccc21. The van der Waals surface area contributed by atoms with Crippen molar-refractivity contribution < 1.29 is 42.7 Å². The lowest BCUT2D eigenvalue weighted by atomic mass is 9.98. The summed E-state index contributed by atoms with van der Waals surface area (Å²) in [5.41, 5.74) is 10.2. The van der Waals surface area contributed by atoms with Gasteiger partial charge in [0.15, 0.2) is 0 Å². The van der Waals surface area contributed by atoms with Crippen LogP contribution in [0.5, 0.6) is 0 Å². The summed E-state index contributed by atoms with van der Waals surface area (Å²) in [4.78, 5) is 12.3. The first-order chi connectivity index (χ1) is 20.8. The van der Waals surface area contributed by atoms with Gasteiger partial charge in [-0.25, -0.2) is 0 Å². The fourth-order valence-corrected chi connectivity index (χ4v) is 4.51. The van der Waals surface area contributed by atoms with Crippen molar-refractivity contribution >= 4 is 5.97 Å². The highest BCUT2D eigenvalue weighted by atomic mass is 16.6. The van der Waals surface area contributed by atoms with Crippen LogP contribution in [0.2, 0.25) is 0 Å². The molecule has 1 aliphatic carbocycles. The number of benzene rings is 2. The van der Waals surface area contributed by atoms with Crippen molar-refractivity contribution in [3.63, 3.8) is 0 Å². The summed E-state index contributed by atoms with van der Waals surface area (Å²) in [6.45, 7) is 8.03. The van der Waals surface area contributed by atoms with Crippen molar-refractivity contribution in [3.05, 3.63) is 59.7 Å². The van der Waals surface area contributed by atoms with E-state index in [0.717, 1.165) is 0 Å².